The van der Waals surface area contributed by atoms with E-state index in [1.165, 1.54) is 6.92 Å². The van der Waals surface area contributed by atoms with E-state index < -0.39 is 0 Å². The van der Waals surface area contributed by atoms with Crippen LogP contribution < -0.4 is 0 Å². The Balaban J connectivity index is 0. The topological polar surface area (TPSA) is 49.8 Å². The fourth-order valence-electron chi connectivity index (χ4n) is 1.12. The molecule has 1 saturated heterocycles. The first-order valence-electron chi connectivity index (χ1n) is 5.72. The molecule has 1 atom stereocenters. The third-order valence-corrected chi connectivity index (χ3v) is 1.79. The van der Waals surface area contributed by atoms with Crippen molar-refractivity contribution < 1.29 is 14.6 Å². The molecule has 1 heterocycles. The molecule has 1 fully saturated rings. The van der Waals surface area contributed by atoms with E-state index in [9.17, 15) is 4.79 Å². The number of carbonyl (C=O) groups is 1. The van der Waals surface area contributed by atoms with Gasteiger partial charge in [-0.25, -0.2) is 0 Å². The molecule has 4 heteroatoms. The minimum atomic E-state index is -0.187. The Hall–Kier alpha value is -0.610. The summed E-state index contributed by atoms with van der Waals surface area (Å²) in [4.78, 5) is 12.5. The quantitative estimate of drug-likeness (QED) is 0.722. The number of aliphatic hydroxyl groups excluding tert-OH is 1. The molecule has 0 bridgehead atoms. The van der Waals surface area contributed by atoms with Crippen LogP contribution in [0.5, 0.6) is 0 Å². The molecule has 1 rings (SSSR count). The van der Waals surface area contributed by atoms with Crippen molar-refractivity contribution in [2.45, 2.75) is 40.7 Å². The van der Waals surface area contributed by atoms with Crippen molar-refractivity contribution in [3.63, 3.8) is 0 Å². The average molecular weight is 219 g/mol. The van der Waals surface area contributed by atoms with Crippen LogP contribution in [0.1, 0.15) is 34.6 Å². The molecule has 0 aromatic carbocycles. The summed E-state index contributed by atoms with van der Waals surface area (Å²) in [6.07, 6.45) is -0.187. The van der Waals surface area contributed by atoms with Crippen LogP contribution in [0.3, 0.4) is 0 Å². The number of aliphatic hydroxyl groups is 1. The highest BCUT2D eigenvalue weighted by Crippen LogP contribution is 2.03. The lowest BCUT2D eigenvalue weighted by molar-refractivity contribution is -0.137. The van der Waals surface area contributed by atoms with Gasteiger partial charge in [0.15, 0.2) is 0 Å². The minimum Gasteiger partial charge on any atom is -0.394 e. The lowest BCUT2D eigenvalue weighted by atomic mass is 10.3. The Morgan fingerprint density at radius 3 is 2.33 bits per heavy atom. The Kier molecular flexibility index (Phi) is 12.8. The SMILES string of the molecule is CC.CC.CC(=O)N1CCOC(CO)C1. The van der Waals surface area contributed by atoms with Crippen LogP contribution in [0.4, 0.5) is 0 Å². The van der Waals surface area contributed by atoms with Crippen LogP contribution in [0.25, 0.3) is 0 Å². The van der Waals surface area contributed by atoms with E-state index in [0.29, 0.717) is 19.7 Å². The zero-order chi connectivity index (χ0) is 12.3. The molecule has 1 unspecified atom stereocenters. The molecule has 15 heavy (non-hydrogen) atoms. The van der Waals surface area contributed by atoms with Crippen molar-refractivity contribution >= 4 is 5.91 Å². The first kappa shape index (κ1) is 16.8. The van der Waals surface area contributed by atoms with Gasteiger partial charge < -0.3 is 14.7 Å². The number of hydrogen-bond donors (Lipinski definition) is 1. The van der Waals surface area contributed by atoms with Gasteiger partial charge in [-0.2, -0.15) is 0 Å². The highest BCUT2D eigenvalue weighted by atomic mass is 16.5. The van der Waals surface area contributed by atoms with E-state index in [-0.39, 0.29) is 18.6 Å². The molecule has 0 aliphatic carbocycles. The maximum Gasteiger partial charge on any atom is 0.219 e. The molecule has 1 amide bonds. The standard InChI is InChI=1S/C7H13NO3.2C2H6/c1-6(10)8-2-3-11-7(4-8)5-9;2*1-2/h7,9H,2-5H2,1H3;2*1-2H3. The summed E-state index contributed by atoms with van der Waals surface area (Å²) in [5, 5.41) is 8.73. The van der Waals surface area contributed by atoms with Crippen LogP contribution in [-0.2, 0) is 9.53 Å². The van der Waals surface area contributed by atoms with Crippen LogP contribution in [0.15, 0.2) is 0 Å². The molecule has 4 nitrogen and oxygen atoms in total. The van der Waals surface area contributed by atoms with E-state index >= 15 is 0 Å². The van der Waals surface area contributed by atoms with E-state index in [4.69, 9.17) is 9.84 Å². The van der Waals surface area contributed by atoms with Gasteiger partial charge in [-0.1, -0.05) is 27.7 Å². The van der Waals surface area contributed by atoms with Crippen LogP contribution in [-0.4, -0.2) is 48.3 Å². The van der Waals surface area contributed by atoms with E-state index in [1.807, 2.05) is 27.7 Å². The second kappa shape index (κ2) is 11.5. The molecule has 0 spiro atoms. The molecular formula is C11H25NO3. The lowest BCUT2D eigenvalue weighted by Crippen LogP contribution is -2.46. The zero-order valence-electron chi connectivity index (χ0n) is 10.6. The molecule has 0 aromatic rings. The number of morpholine rings is 1. The summed E-state index contributed by atoms with van der Waals surface area (Å²) < 4.78 is 5.16. The average Bonchev–Trinajstić information content (AvgIpc) is 2.34. The van der Waals surface area contributed by atoms with Crippen LogP contribution in [0.2, 0.25) is 0 Å². The number of rotatable bonds is 1. The largest absolute Gasteiger partial charge is 0.394 e. The van der Waals surface area contributed by atoms with E-state index in [2.05, 4.69) is 0 Å². The Bertz CT molecular complexity index is 151. The van der Waals surface area contributed by atoms with Gasteiger partial charge in [-0.05, 0) is 0 Å². The maximum atomic E-state index is 10.8. The van der Waals surface area contributed by atoms with Gasteiger partial charge in [0, 0.05) is 20.0 Å². The molecule has 1 aliphatic rings. The van der Waals surface area contributed by atoms with Crippen molar-refractivity contribution in [1.82, 2.24) is 4.90 Å². The van der Waals surface area contributed by atoms with Crippen molar-refractivity contribution in [3.8, 4) is 0 Å². The molecule has 0 saturated carbocycles. The highest BCUT2D eigenvalue weighted by Gasteiger charge is 2.20. The number of hydrogen-bond acceptors (Lipinski definition) is 3. The summed E-state index contributed by atoms with van der Waals surface area (Å²) >= 11 is 0. The molecule has 1 aliphatic heterocycles. The third-order valence-electron chi connectivity index (χ3n) is 1.79. The summed E-state index contributed by atoms with van der Waals surface area (Å²) in [7, 11) is 0. The normalized spacial score (nSPS) is 19.3. The summed E-state index contributed by atoms with van der Waals surface area (Å²) in [6.45, 7) is 11.2. The smallest absolute Gasteiger partial charge is 0.219 e. The number of amides is 1. The molecule has 0 aromatic heterocycles. The first-order chi connectivity index (χ1) is 7.24. The van der Waals surface area contributed by atoms with Crippen LogP contribution in [0, 0.1) is 0 Å². The zero-order valence-corrected chi connectivity index (χ0v) is 10.6. The molecule has 1 N–H and O–H groups in total. The second-order valence-corrected chi connectivity index (χ2v) is 2.64. The van der Waals surface area contributed by atoms with Crippen molar-refractivity contribution in [2.24, 2.45) is 0 Å². The van der Waals surface area contributed by atoms with Gasteiger partial charge in [-0.3, -0.25) is 4.79 Å². The van der Waals surface area contributed by atoms with Crippen LogP contribution >= 0.6 is 0 Å². The fourth-order valence-corrected chi connectivity index (χ4v) is 1.12. The minimum absolute atomic E-state index is 0.0101. The molecule has 92 valence electrons. The van der Waals surface area contributed by atoms with Crippen molar-refractivity contribution in [2.75, 3.05) is 26.3 Å². The fraction of sp³-hybridized carbons (Fsp3) is 0.909. The summed E-state index contributed by atoms with van der Waals surface area (Å²) in [5.74, 6) is 0.0479. The molecule has 0 radical (unpaired) electrons. The number of nitrogens with zero attached hydrogens (tertiary/aromatic N) is 1. The first-order valence-corrected chi connectivity index (χ1v) is 5.72. The van der Waals surface area contributed by atoms with Gasteiger partial charge in [0.05, 0.1) is 19.3 Å². The third kappa shape index (κ3) is 7.33. The van der Waals surface area contributed by atoms with E-state index in [0.717, 1.165) is 0 Å². The number of ether oxygens (including phenoxy) is 1. The van der Waals surface area contributed by atoms with Gasteiger partial charge in [-0.15, -0.1) is 0 Å². The second-order valence-electron chi connectivity index (χ2n) is 2.64. The molecular weight excluding hydrogens is 194 g/mol. The monoisotopic (exact) mass is 219 g/mol. The van der Waals surface area contributed by atoms with Gasteiger partial charge in [0.25, 0.3) is 0 Å². The van der Waals surface area contributed by atoms with Gasteiger partial charge >= 0.3 is 0 Å². The number of carbonyl (C=O) groups excluding carboxylic acids is 1. The van der Waals surface area contributed by atoms with Gasteiger partial charge in [0.2, 0.25) is 5.91 Å². The Morgan fingerprint density at radius 1 is 1.40 bits per heavy atom. The highest BCUT2D eigenvalue weighted by molar-refractivity contribution is 5.73. The lowest BCUT2D eigenvalue weighted by Gasteiger charge is -2.31. The van der Waals surface area contributed by atoms with Gasteiger partial charge in [0.1, 0.15) is 0 Å². The summed E-state index contributed by atoms with van der Waals surface area (Å²) in [6, 6.07) is 0. The predicted molar refractivity (Wildman–Crippen MR) is 61.8 cm³/mol. The summed E-state index contributed by atoms with van der Waals surface area (Å²) in [5.41, 5.74) is 0. The Morgan fingerprint density at radius 2 is 1.93 bits per heavy atom. The Labute approximate surface area is 93.2 Å². The van der Waals surface area contributed by atoms with Crippen molar-refractivity contribution in [1.29, 1.82) is 0 Å². The van der Waals surface area contributed by atoms with E-state index in [1.54, 1.807) is 4.90 Å². The van der Waals surface area contributed by atoms with Crippen molar-refractivity contribution in [3.05, 3.63) is 0 Å². The maximum absolute atomic E-state index is 10.8. The predicted octanol–water partition coefficient (Wildman–Crippen LogP) is 1.28.